The SMILES string of the molecule is COC1(C(NN)C2CCC2)CCOCC1. The lowest BCUT2D eigenvalue weighted by molar-refractivity contribution is -0.126. The average Bonchev–Trinajstić information content (AvgIpc) is 2.24. The van der Waals surface area contributed by atoms with Gasteiger partial charge in [0.15, 0.2) is 0 Å². The first kappa shape index (κ1) is 11.3. The number of nitrogens with one attached hydrogen (secondary N) is 1. The molecule has 2 fully saturated rings. The quantitative estimate of drug-likeness (QED) is 0.537. The van der Waals surface area contributed by atoms with Crippen molar-refractivity contribution in [1.29, 1.82) is 0 Å². The van der Waals surface area contributed by atoms with E-state index in [2.05, 4.69) is 5.43 Å². The zero-order chi connectivity index (χ0) is 10.7. The molecule has 88 valence electrons. The van der Waals surface area contributed by atoms with Gasteiger partial charge in [-0.05, 0) is 18.8 Å². The Hall–Kier alpha value is -0.160. The molecule has 0 spiro atoms. The van der Waals surface area contributed by atoms with Crippen LogP contribution in [-0.4, -0.2) is 32.0 Å². The molecule has 2 rings (SSSR count). The first-order valence-electron chi connectivity index (χ1n) is 5.91. The van der Waals surface area contributed by atoms with Crippen molar-refractivity contribution in [3.63, 3.8) is 0 Å². The van der Waals surface area contributed by atoms with E-state index in [4.69, 9.17) is 15.3 Å². The van der Waals surface area contributed by atoms with Gasteiger partial charge in [0.05, 0.1) is 11.6 Å². The Balaban J connectivity index is 2.06. The Kier molecular flexibility index (Phi) is 3.61. The summed E-state index contributed by atoms with van der Waals surface area (Å²) in [5.41, 5.74) is 2.89. The van der Waals surface area contributed by atoms with Gasteiger partial charge in [-0.1, -0.05) is 6.42 Å². The summed E-state index contributed by atoms with van der Waals surface area (Å²) < 4.78 is 11.2. The molecule has 4 nitrogen and oxygen atoms in total. The molecule has 2 aliphatic rings. The maximum Gasteiger partial charge on any atom is 0.0890 e. The summed E-state index contributed by atoms with van der Waals surface area (Å²) in [5, 5.41) is 0. The van der Waals surface area contributed by atoms with Crippen LogP contribution in [-0.2, 0) is 9.47 Å². The molecule has 0 aromatic rings. The van der Waals surface area contributed by atoms with Crippen LogP contribution in [0.3, 0.4) is 0 Å². The Morgan fingerprint density at radius 3 is 2.47 bits per heavy atom. The third kappa shape index (κ3) is 2.04. The molecule has 0 bridgehead atoms. The zero-order valence-electron chi connectivity index (χ0n) is 9.50. The number of methoxy groups -OCH3 is 1. The van der Waals surface area contributed by atoms with Crippen LogP contribution < -0.4 is 11.3 Å². The second-order valence-corrected chi connectivity index (χ2v) is 4.72. The second kappa shape index (κ2) is 4.78. The van der Waals surface area contributed by atoms with Crippen molar-refractivity contribution < 1.29 is 9.47 Å². The van der Waals surface area contributed by atoms with Crippen molar-refractivity contribution in [3.05, 3.63) is 0 Å². The number of hydrazine groups is 1. The summed E-state index contributed by atoms with van der Waals surface area (Å²) in [5.74, 6) is 6.39. The smallest absolute Gasteiger partial charge is 0.0890 e. The number of hydrogen-bond donors (Lipinski definition) is 2. The predicted molar refractivity (Wildman–Crippen MR) is 58.2 cm³/mol. The fraction of sp³-hybridized carbons (Fsp3) is 1.00. The van der Waals surface area contributed by atoms with Crippen LogP contribution in [0.25, 0.3) is 0 Å². The van der Waals surface area contributed by atoms with Crippen molar-refractivity contribution in [2.24, 2.45) is 11.8 Å². The van der Waals surface area contributed by atoms with Gasteiger partial charge < -0.3 is 9.47 Å². The lowest BCUT2D eigenvalue weighted by Gasteiger charge is -2.47. The molecule has 1 atom stereocenters. The molecule has 15 heavy (non-hydrogen) atoms. The minimum Gasteiger partial charge on any atom is -0.381 e. The minimum absolute atomic E-state index is 0.0991. The van der Waals surface area contributed by atoms with Gasteiger partial charge in [0.1, 0.15) is 0 Å². The molecule has 1 saturated heterocycles. The van der Waals surface area contributed by atoms with Crippen molar-refractivity contribution in [2.75, 3.05) is 20.3 Å². The number of rotatable bonds is 4. The van der Waals surface area contributed by atoms with Gasteiger partial charge in [-0.25, -0.2) is 0 Å². The largest absolute Gasteiger partial charge is 0.381 e. The molecule has 3 N–H and O–H groups in total. The van der Waals surface area contributed by atoms with E-state index in [0.717, 1.165) is 26.1 Å². The van der Waals surface area contributed by atoms with Gasteiger partial charge in [0.25, 0.3) is 0 Å². The average molecular weight is 214 g/mol. The van der Waals surface area contributed by atoms with Crippen LogP contribution in [0.2, 0.25) is 0 Å². The standard InChI is InChI=1S/C11H22N2O2/c1-14-11(5-7-15-8-6-11)10(13-12)9-3-2-4-9/h9-10,13H,2-8,12H2,1H3. The van der Waals surface area contributed by atoms with Gasteiger partial charge in [-0.2, -0.15) is 0 Å². The summed E-state index contributed by atoms with van der Waals surface area (Å²) in [6.07, 6.45) is 5.80. The fourth-order valence-electron chi connectivity index (χ4n) is 2.85. The van der Waals surface area contributed by atoms with Crippen LogP contribution >= 0.6 is 0 Å². The van der Waals surface area contributed by atoms with Gasteiger partial charge >= 0.3 is 0 Å². The summed E-state index contributed by atoms with van der Waals surface area (Å²) in [6.45, 7) is 1.58. The van der Waals surface area contributed by atoms with E-state index < -0.39 is 0 Å². The van der Waals surface area contributed by atoms with E-state index in [1.807, 2.05) is 0 Å². The molecule has 1 aliphatic carbocycles. The van der Waals surface area contributed by atoms with E-state index in [0.29, 0.717) is 12.0 Å². The molecule has 0 amide bonds. The van der Waals surface area contributed by atoms with Crippen LogP contribution in [0.15, 0.2) is 0 Å². The van der Waals surface area contributed by atoms with Gasteiger partial charge in [-0.3, -0.25) is 11.3 Å². The van der Waals surface area contributed by atoms with Gasteiger partial charge in [0.2, 0.25) is 0 Å². The molecule has 0 aromatic heterocycles. The Morgan fingerprint density at radius 2 is 2.07 bits per heavy atom. The highest BCUT2D eigenvalue weighted by Gasteiger charge is 2.45. The van der Waals surface area contributed by atoms with E-state index in [1.165, 1.54) is 19.3 Å². The Morgan fingerprint density at radius 1 is 1.40 bits per heavy atom. The van der Waals surface area contributed by atoms with Gasteiger partial charge in [-0.15, -0.1) is 0 Å². The first-order chi connectivity index (χ1) is 7.32. The monoisotopic (exact) mass is 214 g/mol. The molecule has 1 saturated carbocycles. The normalized spacial score (nSPS) is 28.4. The molecule has 4 heteroatoms. The molecular formula is C11H22N2O2. The topological polar surface area (TPSA) is 56.5 Å². The molecule has 1 heterocycles. The first-order valence-corrected chi connectivity index (χ1v) is 5.91. The predicted octanol–water partition coefficient (Wildman–Crippen LogP) is 0.814. The highest BCUT2D eigenvalue weighted by Crippen LogP contribution is 2.39. The molecule has 0 radical (unpaired) electrons. The van der Waals surface area contributed by atoms with E-state index >= 15 is 0 Å². The summed E-state index contributed by atoms with van der Waals surface area (Å²) in [6, 6.07) is 0.292. The molecular weight excluding hydrogens is 192 g/mol. The van der Waals surface area contributed by atoms with Crippen molar-refractivity contribution in [1.82, 2.24) is 5.43 Å². The number of ether oxygens (including phenoxy) is 2. The third-order valence-corrected chi connectivity index (χ3v) is 4.11. The maximum atomic E-state index is 5.77. The lowest BCUT2D eigenvalue weighted by atomic mass is 9.71. The third-order valence-electron chi connectivity index (χ3n) is 4.11. The molecule has 1 aliphatic heterocycles. The van der Waals surface area contributed by atoms with Crippen LogP contribution in [0.5, 0.6) is 0 Å². The highest BCUT2D eigenvalue weighted by atomic mass is 16.5. The van der Waals surface area contributed by atoms with E-state index in [-0.39, 0.29) is 5.60 Å². The van der Waals surface area contributed by atoms with Crippen molar-refractivity contribution in [2.45, 2.75) is 43.7 Å². The van der Waals surface area contributed by atoms with Crippen LogP contribution in [0.1, 0.15) is 32.1 Å². The second-order valence-electron chi connectivity index (χ2n) is 4.72. The number of hydrogen-bond acceptors (Lipinski definition) is 4. The van der Waals surface area contributed by atoms with E-state index in [9.17, 15) is 0 Å². The Labute approximate surface area is 91.5 Å². The summed E-state index contributed by atoms with van der Waals surface area (Å²) >= 11 is 0. The minimum atomic E-state index is -0.0991. The molecule has 0 aromatic carbocycles. The Bertz CT molecular complexity index is 201. The summed E-state index contributed by atoms with van der Waals surface area (Å²) in [7, 11) is 1.80. The van der Waals surface area contributed by atoms with Crippen molar-refractivity contribution >= 4 is 0 Å². The highest BCUT2D eigenvalue weighted by molar-refractivity contribution is 4.99. The van der Waals surface area contributed by atoms with Crippen LogP contribution in [0, 0.1) is 5.92 Å². The zero-order valence-corrected chi connectivity index (χ0v) is 9.50. The summed E-state index contributed by atoms with van der Waals surface area (Å²) in [4.78, 5) is 0. The number of nitrogens with two attached hydrogens (primary N) is 1. The lowest BCUT2D eigenvalue weighted by Crippen LogP contribution is -2.61. The van der Waals surface area contributed by atoms with Gasteiger partial charge in [0, 0.05) is 33.2 Å². The maximum absolute atomic E-state index is 5.77. The van der Waals surface area contributed by atoms with Crippen LogP contribution in [0.4, 0.5) is 0 Å². The fourth-order valence-corrected chi connectivity index (χ4v) is 2.85. The molecule has 1 unspecified atom stereocenters. The van der Waals surface area contributed by atoms with E-state index in [1.54, 1.807) is 7.11 Å². The van der Waals surface area contributed by atoms with Crippen molar-refractivity contribution in [3.8, 4) is 0 Å².